The van der Waals surface area contributed by atoms with Crippen molar-refractivity contribution in [3.05, 3.63) is 59.1 Å². The Labute approximate surface area is 182 Å². The number of nitrogens with one attached hydrogen (secondary N) is 1. The standard InChI is InChI=1S/C21H19ClN4O3S/c1-29-14-7-4-6-13(12-14)19-24-25-21(30-19)23-18(27)17-10-5-11-26(17)20(28)15-8-2-3-9-16(15)22/h2-4,6-9,12,17H,5,10-11H2,1H3,(H,23,25,27). The van der Waals surface area contributed by atoms with E-state index in [1.54, 1.807) is 36.3 Å². The molecule has 1 aromatic heterocycles. The van der Waals surface area contributed by atoms with E-state index in [0.29, 0.717) is 39.4 Å². The molecule has 7 nitrogen and oxygen atoms in total. The highest BCUT2D eigenvalue weighted by Gasteiger charge is 2.35. The van der Waals surface area contributed by atoms with Crippen LogP contribution in [0.4, 0.5) is 5.13 Å². The van der Waals surface area contributed by atoms with Crippen LogP contribution >= 0.6 is 22.9 Å². The number of rotatable bonds is 5. The zero-order valence-corrected chi connectivity index (χ0v) is 17.7. The van der Waals surface area contributed by atoms with Crippen LogP contribution in [0.1, 0.15) is 23.2 Å². The minimum Gasteiger partial charge on any atom is -0.497 e. The number of carbonyl (C=O) groups is 2. The summed E-state index contributed by atoms with van der Waals surface area (Å²) in [5.74, 6) is 0.196. The van der Waals surface area contributed by atoms with Gasteiger partial charge in [-0.15, -0.1) is 10.2 Å². The average Bonchev–Trinajstić information content (AvgIpc) is 3.43. The van der Waals surface area contributed by atoms with Gasteiger partial charge in [0.2, 0.25) is 11.0 Å². The summed E-state index contributed by atoms with van der Waals surface area (Å²) >= 11 is 7.43. The number of hydrogen-bond donors (Lipinski definition) is 1. The van der Waals surface area contributed by atoms with Crippen molar-refractivity contribution in [1.29, 1.82) is 0 Å². The van der Waals surface area contributed by atoms with E-state index >= 15 is 0 Å². The number of methoxy groups -OCH3 is 1. The lowest BCUT2D eigenvalue weighted by atomic mass is 10.1. The van der Waals surface area contributed by atoms with Crippen LogP contribution in [0.25, 0.3) is 10.6 Å². The summed E-state index contributed by atoms with van der Waals surface area (Å²) in [7, 11) is 1.60. The first-order chi connectivity index (χ1) is 14.6. The predicted octanol–water partition coefficient (Wildman–Crippen LogP) is 4.11. The van der Waals surface area contributed by atoms with Crippen molar-refractivity contribution in [3.8, 4) is 16.3 Å². The Kier molecular flexibility index (Phi) is 5.96. The van der Waals surface area contributed by atoms with Gasteiger partial charge >= 0.3 is 0 Å². The minimum atomic E-state index is -0.571. The van der Waals surface area contributed by atoms with Crippen LogP contribution in [0.5, 0.6) is 5.75 Å². The van der Waals surface area contributed by atoms with E-state index in [0.717, 1.165) is 12.0 Å². The van der Waals surface area contributed by atoms with Crippen LogP contribution in [-0.2, 0) is 4.79 Å². The summed E-state index contributed by atoms with van der Waals surface area (Å²) in [5, 5.41) is 12.5. The zero-order valence-electron chi connectivity index (χ0n) is 16.2. The van der Waals surface area contributed by atoms with Gasteiger partial charge in [0, 0.05) is 12.1 Å². The van der Waals surface area contributed by atoms with Gasteiger partial charge in [-0.05, 0) is 37.1 Å². The van der Waals surface area contributed by atoms with Gasteiger partial charge in [-0.25, -0.2) is 0 Å². The second-order valence-electron chi connectivity index (χ2n) is 6.77. The summed E-state index contributed by atoms with van der Waals surface area (Å²) in [6.45, 7) is 0.507. The van der Waals surface area contributed by atoms with E-state index in [-0.39, 0.29) is 11.8 Å². The van der Waals surface area contributed by atoms with Gasteiger partial charge < -0.3 is 9.64 Å². The number of halogens is 1. The molecule has 1 atom stereocenters. The quantitative estimate of drug-likeness (QED) is 0.642. The second kappa shape index (κ2) is 8.81. The highest BCUT2D eigenvalue weighted by molar-refractivity contribution is 7.18. The summed E-state index contributed by atoms with van der Waals surface area (Å²) in [6.07, 6.45) is 1.34. The van der Waals surface area contributed by atoms with Crippen molar-refractivity contribution in [1.82, 2.24) is 15.1 Å². The number of likely N-dealkylation sites (tertiary alicyclic amines) is 1. The Morgan fingerprint density at radius 1 is 1.20 bits per heavy atom. The van der Waals surface area contributed by atoms with Crippen molar-refractivity contribution in [3.63, 3.8) is 0 Å². The minimum absolute atomic E-state index is 0.243. The van der Waals surface area contributed by atoms with Gasteiger partial charge in [0.25, 0.3) is 5.91 Å². The molecule has 1 saturated heterocycles. The molecule has 0 aliphatic carbocycles. The first-order valence-corrected chi connectivity index (χ1v) is 10.6. The highest BCUT2D eigenvalue weighted by Crippen LogP contribution is 2.30. The number of nitrogens with zero attached hydrogens (tertiary/aromatic N) is 3. The number of amides is 2. The topological polar surface area (TPSA) is 84.4 Å². The molecule has 2 amide bonds. The molecule has 2 heterocycles. The lowest BCUT2D eigenvalue weighted by Crippen LogP contribution is -2.43. The van der Waals surface area contributed by atoms with Gasteiger partial charge in [0.05, 0.1) is 17.7 Å². The molecule has 3 aromatic rings. The van der Waals surface area contributed by atoms with E-state index < -0.39 is 6.04 Å². The van der Waals surface area contributed by atoms with Gasteiger partial charge in [-0.2, -0.15) is 0 Å². The van der Waals surface area contributed by atoms with E-state index in [1.165, 1.54) is 11.3 Å². The third-order valence-corrected chi connectivity index (χ3v) is 6.11. The number of ether oxygens (including phenoxy) is 1. The van der Waals surface area contributed by atoms with E-state index in [9.17, 15) is 9.59 Å². The molecule has 4 rings (SSSR count). The maximum Gasteiger partial charge on any atom is 0.256 e. The molecule has 2 aromatic carbocycles. The Hall–Kier alpha value is -2.97. The molecule has 1 aliphatic rings. The molecule has 1 fully saturated rings. The molecule has 30 heavy (non-hydrogen) atoms. The fraction of sp³-hybridized carbons (Fsp3) is 0.238. The van der Waals surface area contributed by atoms with Crippen LogP contribution < -0.4 is 10.1 Å². The Morgan fingerprint density at radius 3 is 2.83 bits per heavy atom. The van der Waals surface area contributed by atoms with Gasteiger partial charge in [0.15, 0.2) is 0 Å². The lowest BCUT2D eigenvalue weighted by Gasteiger charge is -2.24. The molecular weight excluding hydrogens is 424 g/mol. The Bertz CT molecular complexity index is 1090. The summed E-state index contributed by atoms with van der Waals surface area (Å²) in [5.41, 5.74) is 1.25. The van der Waals surface area contributed by atoms with Gasteiger partial charge in [-0.1, -0.05) is 47.2 Å². The number of benzene rings is 2. The second-order valence-corrected chi connectivity index (χ2v) is 8.15. The van der Waals surface area contributed by atoms with E-state index in [4.69, 9.17) is 16.3 Å². The fourth-order valence-corrected chi connectivity index (χ4v) is 4.37. The van der Waals surface area contributed by atoms with Gasteiger partial charge in [-0.3, -0.25) is 14.9 Å². The molecule has 0 saturated carbocycles. The average molecular weight is 443 g/mol. The van der Waals surface area contributed by atoms with Crippen LogP contribution in [0, 0.1) is 0 Å². The van der Waals surface area contributed by atoms with E-state index in [2.05, 4.69) is 15.5 Å². The maximum absolute atomic E-state index is 12.9. The summed E-state index contributed by atoms with van der Waals surface area (Å²) in [6, 6.07) is 13.8. The molecule has 154 valence electrons. The molecule has 1 unspecified atom stereocenters. The number of hydrogen-bond acceptors (Lipinski definition) is 6. The molecular formula is C21H19ClN4O3S. The predicted molar refractivity (Wildman–Crippen MR) is 116 cm³/mol. The molecule has 9 heteroatoms. The first-order valence-electron chi connectivity index (χ1n) is 9.41. The SMILES string of the molecule is COc1cccc(-c2nnc(NC(=O)C3CCCN3C(=O)c3ccccc3Cl)s2)c1. The molecule has 1 aliphatic heterocycles. The third kappa shape index (κ3) is 4.15. The molecule has 0 bridgehead atoms. The van der Waals surface area contributed by atoms with E-state index in [1.807, 2.05) is 24.3 Å². The zero-order chi connectivity index (χ0) is 21.1. The maximum atomic E-state index is 12.9. The number of aromatic nitrogens is 2. The Balaban J connectivity index is 1.48. The first kappa shape index (κ1) is 20.3. The van der Waals surface area contributed by atoms with Crippen LogP contribution in [0.15, 0.2) is 48.5 Å². The van der Waals surface area contributed by atoms with Crippen LogP contribution in [0.2, 0.25) is 5.02 Å². The number of carbonyl (C=O) groups excluding carboxylic acids is 2. The highest BCUT2D eigenvalue weighted by atomic mass is 35.5. The van der Waals surface area contributed by atoms with Gasteiger partial charge in [0.1, 0.15) is 16.8 Å². The third-order valence-electron chi connectivity index (χ3n) is 4.89. The van der Waals surface area contributed by atoms with Crippen molar-refractivity contribution in [2.24, 2.45) is 0 Å². The number of anilines is 1. The lowest BCUT2D eigenvalue weighted by molar-refractivity contribution is -0.119. The van der Waals surface area contributed by atoms with Crippen molar-refractivity contribution >= 4 is 39.9 Å². The molecule has 0 radical (unpaired) electrons. The summed E-state index contributed by atoms with van der Waals surface area (Å²) in [4.78, 5) is 27.4. The largest absolute Gasteiger partial charge is 0.497 e. The normalized spacial score (nSPS) is 15.8. The van der Waals surface area contributed by atoms with Crippen molar-refractivity contribution in [2.45, 2.75) is 18.9 Å². The summed E-state index contributed by atoms with van der Waals surface area (Å²) < 4.78 is 5.23. The monoisotopic (exact) mass is 442 g/mol. The Morgan fingerprint density at radius 2 is 2.03 bits per heavy atom. The van der Waals surface area contributed by atoms with Crippen LogP contribution in [-0.4, -0.2) is 46.6 Å². The molecule has 0 spiro atoms. The van der Waals surface area contributed by atoms with Crippen LogP contribution in [0.3, 0.4) is 0 Å². The van der Waals surface area contributed by atoms with Crippen molar-refractivity contribution in [2.75, 3.05) is 19.0 Å². The molecule has 1 N–H and O–H groups in total. The smallest absolute Gasteiger partial charge is 0.256 e. The fourth-order valence-electron chi connectivity index (χ4n) is 3.41. The van der Waals surface area contributed by atoms with Crippen molar-refractivity contribution < 1.29 is 14.3 Å².